The molecule has 3 aromatic rings. The first-order valence-corrected chi connectivity index (χ1v) is 9.93. The Hall–Kier alpha value is -3.18. The van der Waals surface area contributed by atoms with E-state index in [4.69, 9.17) is 9.47 Å². The van der Waals surface area contributed by atoms with Crippen LogP contribution in [0.25, 0.3) is 0 Å². The minimum Gasteiger partial charge on any atom is -0.494 e. The Kier molecular flexibility index (Phi) is 7.98. The summed E-state index contributed by atoms with van der Waals surface area (Å²) < 4.78 is 24.5. The molecule has 0 saturated carbocycles. The summed E-state index contributed by atoms with van der Waals surface area (Å²) in [6, 6.07) is 22.7. The monoisotopic (exact) mass is 407 g/mol. The van der Waals surface area contributed by atoms with Crippen molar-refractivity contribution in [1.29, 1.82) is 0 Å². The van der Waals surface area contributed by atoms with Gasteiger partial charge in [0.1, 0.15) is 0 Å². The zero-order valence-corrected chi connectivity index (χ0v) is 17.1. The van der Waals surface area contributed by atoms with E-state index in [1.54, 1.807) is 12.1 Å². The maximum absolute atomic E-state index is 13.8. The molecule has 0 unspecified atom stereocenters. The molecule has 1 amide bonds. The SMILES string of the molecule is COc1ccc(CCC(=O)NCc2ccccc2COCc2ccccc2)cc1F. The summed E-state index contributed by atoms with van der Waals surface area (Å²) in [6.45, 7) is 1.45. The van der Waals surface area contributed by atoms with Crippen molar-refractivity contribution in [3.63, 3.8) is 0 Å². The van der Waals surface area contributed by atoms with Crippen LogP contribution in [0, 0.1) is 5.82 Å². The predicted octanol–water partition coefficient (Wildman–Crippen LogP) is 4.80. The van der Waals surface area contributed by atoms with Crippen molar-refractivity contribution >= 4 is 5.91 Å². The van der Waals surface area contributed by atoms with Crippen LogP contribution in [0.2, 0.25) is 0 Å². The molecule has 3 rings (SSSR count). The van der Waals surface area contributed by atoms with Crippen LogP contribution < -0.4 is 10.1 Å². The van der Waals surface area contributed by atoms with Gasteiger partial charge in [0.05, 0.1) is 20.3 Å². The molecule has 0 spiro atoms. The Bertz CT molecular complexity index is 960. The molecule has 0 aliphatic carbocycles. The number of carbonyl (C=O) groups is 1. The Balaban J connectivity index is 1.47. The highest BCUT2D eigenvalue weighted by molar-refractivity contribution is 5.76. The number of hydrogen-bond acceptors (Lipinski definition) is 3. The molecule has 5 heteroatoms. The van der Waals surface area contributed by atoms with Crippen LogP contribution in [0.1, 0.15) is 28.7 Å². The van der Waals surface area contributed by atoms with Gasteiger partial charge in [-0.25, -0.2) is 4.39 Å². The molecule has 0 aliphatic heterocycles. The summed E-state index contributed by atoms with van der Waals surface area (Å²) in [5, 5.41) is 2.94. The maximum atomic E-state index is 13.8. The normalized spacial score (nSPS) is 10.6. The third-order valence-electron chi connectivity index (χ3n) is 4.82. The lowest BCUT2D eigenvalue weighted by molar-refractivity contribution is -0.121. The summed E-state index contributed by atoms with van der Waals surface area (Å²) in [7, 11) is 1.43. The van der Waals surface area contributed by atoms with E-state index in [-0.39, 0.29) is 11.7 Å². The van der Waals surface area contributed by atoms with Gasteiger partial charge in [-0.3, -0.25) is 4.79 Å². The van der Waals surface area contributed by atoms with Crippen molar-refractivity contribution in [3.05, 3.63) is 101 Å². The first-order valence-electron chi connectivity index (χ1n) is 9.93. The van der Waals surface area contributed by atoms with Crippen molar-refractivity contribution in [1.82, 2.24) is 5.32 Å². The summed E-state index contributed by atoms with van der Waals surface area (Å²) >= 11 is 0. The standard InChI is InChI=1S/C25H26FNO3/c1-29-24-13-11-19(15-23(24)26)12-14-25(28)27-16-21-9-5-6-10-22(21)18-30-17-20-7-3-2-4-8-20/h2-11,13,15H,12,14,16-18H2,1H3,(H,27,28). The Morgan fingerprint density at radius 3 is 2.37 bits per heavy atom. The van der Waals surface area contributed by atoms with Crippen LogP contribution in [0.3, 0.4) is 0 Å². The molecular formula is C25H26FNO3. The maximum Gasteiger partial charge on any atom is 0.220 e. The minimum absolute atomic E-state index is 0.0776. The zero-order valence-electron chi connectivity index (χ0n) is 17.1. The molecule has 0 bridgehead atoms. The van der Waals surface area contributed by atoms with Crippen LogP contribution in [0.4, 0.5) is 4.39 Å². The first-order chi connectivity index (χ1) is 14.7. The average molecular weight is 407 g/mol. The predicted molar refractivity (Wildman–Crippen MR) is 114 cm³/mol. The summed E-state index contributed by atoms with van der Waals surface area (Å²) in [5.41, 5.74) is 3.96. The zero-order chi connectivity index (χ0) is 21.2. The van der Waals surface area contributed by atoms with E-state index in [0.717, 1.165) is 22.3 Å². The fourth-order valence-corrected chi connectivity index (χ4v) is 3.13. The van der Waals surface area contributed by atoms with Crippen LogP contribution in [-0.2, 0) is 35.7 Å². The fourth-order valence-electron chi connectivity index (χ4n) is 3.13. The number of carbonyl (C=O) groups excluding carboxylic acids is 1. The summed E-state index contributed by atoms with van der Waals surface area (Å²) in [6.07, 6.45) is 0.757. The lowest BCUT2D eigenvalue weighted by atomic mass is 10.1. The smallest absolute Gasteiger partial charge is 0.220 e. The number of hydrogen-bond donors (Lipinski definition) is 1. The largest absolute Gasteiger partial charge is 0.494 e. The molecule has 30 heavy (non-hydrogen) atoms. The third kappa shape index (κ3) is 6.42. The Morgan fingerprint density at radius 1 is 0.900 bits per heavy atom. The number of amides is 1. The summed E-state index contributed by atoms with van der Waals surface area (Å²) in [5.74, 6) is -0.291. The lowest BCUT2D eigenvalue weighted by Crippen LogP contribution is -2.23. The van der Waals surface area contributed by atoms with E-state index in [0.29, 0.717) is 32.6 Å². The van der Waals surface area contributed by atoms with Gasteiger partial charge >= 0.3 is 0 Å². The minimum atomic E-state index is -0.417. The molecule has 0 heterocycles. The quantitative estimate of drug-likeness (QED) is 0.525. The highest BCUT2D eigenvalue weighted by atomic mass is 19.1. The second kappa shape index (κ2) is 11.1. The number of rotatable bonds is 10. The molecule has 0 aliphatic rings. The molecule has 0 radical (unpaired) electrons. The lowest BCUT2D eigenvalue weighted by Gasteiger charge is -2.12. The van der Waals surface area contributed by atoms with Crippen molar-refractivity contribution < 1.29 is 18.7 Å². The molecule has 4 nitrogen and oxygen atoms in total. The van der Waals surface area contributed by atoms with Gasteiger partial charge in [-0.15, -0.1) is 0 Å². The van der Waals surface area contributed by atoms with E-state index in [9.17, 15) is 9.18 Å². The molecule has 156 valence electrons. The van der Waals surface area contributed by atoms with Crippen LogP contribution in [0.15, 0.2) is 72.8 Å². The van der Waals surface area contributed by atoms with Crippen molar-refractivity contribution in [3.8, 4) is 5.75 Å². The van der Waals surface area contributed by atoms with E-state index in [2.05, 4.69) is 5.32 Å². The average Bonchev–Trinajstić information content (AvgIpc) is 2.78. The van der Waals surface area contributed by atoms with E-state index in [1.807, 2.05) is 54.6 Å². The third-order valence-corrected chi connectivity index (χ3v) is 4.82. The molecule has 1 N–H and O–H groups in total. The van der Waals surface area contributed by atoms with Crippen LogP contribution >= 0.6 is 0 Å². The number of methoxy groups -OCH3 is 1. The highest BCUT2D eigenvalue weighted by Gasteiger charge is 2.08. The number of nitrogens with one attached hydrogen (secondary N) is 1. The molecule has 0 saturated heterocycles. The summed E-state index contributed by atoms with van der Waals surface area (Å²) in [4.78, 5) is 12.2. The van der Waals surface area contributed by atoms with Gasteiger partial charge in [0, 0.05) is 13.0 Å². The fraction of sp³-hybridized carbons (Fsp3) is 0.240. The Labute approximate surface area is 176 Å². The number of halogens is 1. The molecule has 0 fully saturated rings. The van der Waals surface area contributed by atoms with Gasteiger partial charge in [-0.1, -0.05) is 60.7 Å². The van der Waals surface area contributed by atoms with Gasteiger partial charge in [0.2, 0.25) is 5.91 Å². The van der Waals surface area contributed by atoms with Gasteiger partial charge < -0.3 is 14.8 Å². The second-order valence-corrected chi connectivity index (χ2v) is 6.99. The molecule has 0 atom stereocenters. The van der Waals surface area contributed by atoms with Gasteiger partial charge in [-0.2, -0.15) is 0 Å². The first kappa shape index (κ1) is 21.5. The van der Waals surface area contributed by atoms with Gasteiger partial charge in [-0.05, 0) is 40.8 Å². The van der Waals surface area contributed by atoms with Gasteiger partial charge in [0.15, 0.2) is 11.6 Å². The van der Waals surface area contributed by atoms with Crippen LogP contribution in [-0.4, -0.2) is 13.0 Å². The topological polar surface area (TPSA) is 47.6 Å². The van der Waals surface area contributed by atoms with E-state index < -0.39 is 5.82 Å². The van der Waals surface area contributed by atoms with Crippen molar-refractivity contribution in [2.24, 2.45) is 0 Å². The second-order valence-electron chi connectivity index (χ2n) is 6.99. The van der Waals surface area contributed by atoms with E-state index in [1.165, 1.54) is 13.2 Å². The molecule has 3 aromatic carbocycles. The number of aryl methyl sites for hydroxylation is 1. The molecule has 0 aromatic heterocycles. The highest BCUT2D eigenvalue weighted by Crippen LogP contribution is 2.18. The van der Waals surface area contributed by atoms with Crippen molar-refractivity contribution in [2.45, 2.75) is 32.6 Å². The number of benzene rings is 3. The number of ether oxygens (including phenoxy) is 2. The van der Waals surface area contributed by atoms with Gasteiger partial charge in [0.25, 0.3) is 0 Å². The van der Waals surface area contributed by atoms with Crippen molar-refractivity contribution in [2.75, 3.05) is 7.11 Å². The molecular weight excluding hydrogens is 381 g/mol. The van der Waals surface area contributed by atoms with Crippen LogP contribution in [0.5, 0.6) is 5.75 Å². The van der Waals surface area contributed by atoms with E-state index >= 15 is 0 Å². The Morgan fingerprint density at radius 2 is 1.63 bits per heavy atom.